The molecule has 0 heterocycles. The molecule has 0 radical (unpaired) electrons. The van der Waals surface area contributed by atoms with Crippen molar-refractivity contribution in [3.8, 4) is 0 Å². The first kappa shape index (κ1) is 75.9. The summed E-state index contributed by atoms with van der Waals surface area (Å²) in [6.07, 6.45) is 59.9. The van der Waals surface area contributed by atoms with Gasteiger partial charge in [-0.2, -0.15) is 0 Å². The third kappa shape index (κ3) is 41.0. The number of carboxylic acid groups (broad SMARTS) is 1. The number of amides is 2. The summed E-state index contributed by atoms with van der Waals surface area (Å²) in [6.45, 7) is 9.23. The van der Waals surface area contributed by atoms with Gasteiger partial charge in [0.05, 0.1) is 5.92 Å². The zero-order valence-corrected chi connectivity index (χ0v) is 52.8. The van der Waals surface area contributed by atoms with Gasteiger partial charge in [-0.3, -0.25) is 24.1 Å². The Morgan fingerprint density at radius 2 is 0.538 bits per heavy atom. The van der Waals surface area contributed by atoms with Crippen LogP contribution in [0.15, 0.2) is 0 Å². The van der Waals surface area contributed by atoms with Crippen molar-refractivity contribution in [1.82, 2.24) is 4.90 Å². The highest BCUT2D eigenvalue weighted by Gasteiger charge is 2.61. The van der Waals surface area contributed by atoms with Crippen LogP contribution in [0.1, 0.15) is 400 Å². The summed E-state index contributed by atoms with van der Waals surface area (Å²) in [4.78, 5) is 75.1. The van der Waals surface area contributed by atoms with Gasteiger partial charge in [-0.05, 0) is 45.1 Å². The number of hydrogen-bond acceptors (Lipinski definition) is 6. The number of Topliss-reactive ketones (excluding diaryl/α,β-unsaturated/α-hetero) is 2. The van der Waals surface area contributed by atoms with Crippen LogP contribution in [0, 0.1) is 5.92 Å². The third-order valence-corrected chi connectivity index (χ3v) is 17.2. The van der Waals surface area contributed by atoms with E-state index in [-0.39, 0.29) is 44.4 Å². The van der Waals surface area contributed by atoms with Crippen LogP contribution in [0.25, 0.3) is 0 Å². The number of ketones is 2. The topological polar surface area (TPSA) is 135 Å². The van der Waals surface area contributed by atoms with Crippen molar-refractivity contribution in [2.75, 3.05) is 6.54 Å². The largest absolute Gasteiger partial charge is 0.479 e. The maximum Gasteiger partial charge on any atom is 0.338 e. The van der Waals surface area contributed by atoms with Crippen molar-refractivity contribution < 1.29 is 29.1 Å². The fourth-order valence-corrected chi connectivity index (χ4v) is 12.1. The predicted octanol–water partition coefficient (Wildman–Crippen LogP) is 21.6. The van der Waals surface area contributed by atoms with Crippen molar-refractivity contribution >= 4 is 29.4 Å². The van der Waals surface area contributed by atoms with E-state index in [1.807, 2.05) is 0 Å². The maximum absolute atomic E-state index is 15.2. The fraction of sp³-hybridized carbons (Fsp3) is 0.929. The van der Waals surface area contributed by atoms with Gasteiger partial charge >= 0.3 is 5.97 Å². The smallest absolute Gasteiger partial charge is 0.338 e. The first-order valence-corrected chi connectivity index (χ1v) is 35.1. The van der Waals surface area contributed by atoms with Crippen LogP contribution >= 0.6 is 0 Å². The van der Waals surface area contributed by atoms with Gasteiger partial charge in [-0.15, -0.1) is 0 Å². The molecule has 78 heavy (non-hydrogen) atoms. The Balaban J connectivity index is 6.32. The number of rotatable bonds is 64. The zero-order chi connectivity index (χ0) is 57.3. The summed E-state index contributed by atoms with van der Waals surface area (Å²) in [6, 6.07) is 0. The Bertz CT molecular complexity index is 1330. The van der Waals surface area contributed by atoms with E-state index in [4.69, 9.17) is 5.73 Å². The Morgan fingerprint density at radius 3 is 0.769 bits per heavy atom. The van der Waals surface area contributed by atoms with Crippen molar-refractivity contribution in [2.24, 2.45) is 11.7 Å². The van der Waals surface area contributed by atoms with E-state index in [9.17, 15) is 24.3 Å². The molecular weight excluding hydrogens is 965 g/mol. The number of hydrogen-bond donors (Lipinski definition) is 2. The van der Waals surface area contributed by atoms with E-state index in [1.165, 1.54) is 212 Å². The zero-order valence-electron chi connectivity index (χ0n) is 52.8. The van der Waals surface area contributed by atoms with Crippen LogP contribution in [0.4, 0.5) is 0 Å². The van der Waals surface area contributed by atoms with E-state index in [1.54, 1.807) is 0 Å². The molecule has 0 aromatic heterocycles. The SMILES string of the molecule is CCCCCCCCCCCCCCCC(=O)C(CCCN)C(C(=O)O)(C(=O)CCCCCCCCCCCCCCC)N(C(=O)CCCCCCCCCCCCCCC)C(=O)CCCCCCCCCCCCCCC. The highest BCUT2D eigenvalue weighted by Crippen LogP contribution is 2.37. The molecule has 0 rings (SSSR count). The summed E-state index contributed by atoms with van der Waals surface area (Å²) >= 11 is 0. The summed E-state index contributed by atoms with van der Waals surface area (Å²) < 4.78 is 0. The molecule has 460 valence electrons. The Labute approximate surface area is 485 Å². The molecule has 3 N–H and O–H groups in total. The molecule has 0 aliphatic carbocycles. The molecule has 0 fully saturated rings. The molecule has 0 aromatic carbocycles. The first-order chi connectivity index (χ1) is 38.2. The molecule has 8 nitrogen and oxygen atoms in total. The van der Waals surface area contributed by atoms with Gasteiger partial charge in [0.2, 0.25) is 17.4 Å². The molecule has 0 aliphatic rings. The number of nitrogens with two attached hydrogens (primary N) is 1. The second-order valence-corrected chi connectivity index (χ2v) is 24.5. The van der Waals surface area contributed by atoms with Crippen molar-refractivity contribution in [3.63, 3.8) is 0 Å². The van der Waals surface area contributed by atoms with E-state index >= 15 is 4.79 Å². The minimum absolute atomic E-state index is 0.0141. The molecule has 2 amide bonds. The Morgan fingerprint density at radius 1 is 0.321 bits per heavy atom. The molecule has 0 saturated carbocycles. The summed E-state index contributed by atoms with van der Waals surface area (Å²) in [7, 11) is 0. The van der Waals surface area contributed by atoms with Crippen LogP contribution in [-0.2, 0) is 24.0 Å². The van der Waals surface area contributed by atoms with Crippen molar-refractivity contribution in [2.45, 2.75) is 406 Å². The summed E-state index contributed by atoms with van der Waals surface area (Å²) in [5, 5.41) is 11.7. The Kier molecular flexibility index (Phi) is 56.6. The minimum atomic E-state index is -2.58. The average Bonchev–Trinajstić information content (AvgIpc) is 3.60. The number of carbonyl (C=O) groups is 5. The van der Waals surface area contributed by atoms with Crippen LogP contribution in [0.2, 0.25) is 0 Å². The lowest BCUT2D eigenvalue weighted by Crippen LogP contribution is -2.69. The third-order valence-electron chi connectivity index (χ3n) is 17.2. The number of carbonyl (C=O) groups excluding carboxylic acids is 4. The van der Waals surface area contributed by atoms with E-state index in [0.717, 1.165) is 101 Å². The molecule has 0 bridgehead atoms. The van der Waals surface area contributed by atoms with E-state index in [2.05, 4.69) is 27.7 Å². The van der Waals surface area contributed by atoms with Gasteiger partial charge in [0, 0.05) is 25.7 Å². The summed E-state index contributed by atoms with van der Waals surface area (Å²) in [5.41, 5.74) is 3.53. The molecule has 8 heteroatoms. The number of aliphatic carboxylic acids is 1. The van der Waals surface area contributed by atoms with E-state index < -0.39 is 35.0 Å². The van der Waals surface area contributed by atoms with Crippen molar-refractivity contribution in [3.05, 3.63) is 0 Å². The first-order valence-electron chi connectivity index (χ1n) is 35.1. The van der Waals surface area contributed by atoms with E-state index in [0.29, 0.717) is 32.1 Å². The fourth-order valence-electron chi connectivity index (χ4n) is 12.1. The van der Waals surface area contributed by atoms with Gasteiger partial charge in [0.15, 0.2) is 5.78 Å². The molecule has 0 aliphatic heterocycles. The second kappa shape index (κ2) is 58.1. The standard InChI is InChI=1S/C70H134N2O6/c1-5-9-13-17-21-25-29-33-37-41-45-49-53-59-65(73)64(58-57-63-71)70(69(77)78,66(74)60-54-50-46-42-38-34-30-26-22-18-14-10-6-2)72(67(75)61-55-51-47-43-39-35-31-27-23-19-15-11-7-3)68(76)62-56-52-48-44-40-36-32-28-24-20-16-12-8-4/h64H,5-63,71H2,1-4H3,(H,77,78). The monoisotopic (exact) mass is 1100 g/mol. The average molecular weight is 1100 g/mol. The molecule has 0 aromatic rings. The highest BCUT2D eigenvalue weighted by atomic mass is 16.4. The lowest BCUT2D eigenvalue weighted by Gasteiger charge is -2.43. The van der Waals surface area contributed by atoms with Crippen LogP contribution in [0.5, 0.6) is 0 Å². The maximum atomic E-state index is 15.2. The molecule has 2 unspecified atom stereocenters. The van der Waals surface area contributed by atoms with Gasteiger partial charge in [0.25, 0.3) is 0 Å². The van der Waals surface area contributed by atoms with Gasteiger partial charge < -0.3 is 10.8 Å². The van der Waals surface area contributed by atoms with Crippen LogP contribution in [-0.4, -0.2) is 51.4 Å². The lowest BCUT2D eigenvalue weighted by molar-refractivity contribution is -0.177. The predicted molar refractivity (Wildman–Crippen MR) is 335 cm³/mol. The molecule has 0 spiro atoms. The van der Waals surface area contributed by atoms with Gasteiger partial charge in [-0.25, -0.2) is 4.79 Å². The quantitative estimate of drug-likeness (QED) is 0.0457. The van der Waals surface area contributed by atoms with Gasteiger partial charge in [0.1, 0.15) is 5.78 Å². The number of unbranched alkanes of at least 4 members (excludes halogenated alkanes) is 48. The lowest BCUT2D eigenvalue weighted by atomic mass is 9.71. The minimum Gasteiger partial charge on any atom is -0.479 e. The number of nitrogens with zero attached hydrogens (tertiary/aromatic N) is 1. The molecule has 0 saturated heterocycles. The van der Waals surface area contributed by atoms with Crippen molar-refractivity contribution in [1.29, 1.82) is 0 Å². The number of carboxylic acids is 1. The molecule has 2 atom stereocenters. The summed E-state index contributed by atoms with van der Waals surface area (Å²) in [5.74, 6) is -5.05. The van der Waals surface area contributed by atoms with Crippen LogP contribution in [0.3, 0.4) is 0 Å². The second-order valence-electron chi connectivity index (χ2n) is 24.5. The number of imide groups is 1. The van der Waals surface area contributed by atoms with Crippen LogP contribution < -0.4 is 5.73 Å². The highest BCUT2D eigenvalue weighted by molar-refractivity contribution is 6.18. The molecular formula is C70H134N2O6. The Hall–Kier alpha value is -2.09. The normalized spacial score (nSPS) is 12.7. The van der Waals surface area contributed by atoms with Gasteiger partial charge in [-0.1, -0.05) is 336 Å².